The first-order valence-corrected chi connectivity index (χ1v) is 10.5. The van der Waals surface area contributed by atoms with Crippen molar-refractivity contribution in [2.45, 2.75) is 6.61 Å². The van der Waals surface area contributed by atoms with Gasteiger partial charge in [0, 0.05) is 11.6 Å². The third-order valence-electron chi connectivity index (χ3n) is 5.27. The summed E-state index contributed by atoms with van der Waals surface area (Å²) in [6.07, 6.45) is 1.41. The highest BCUT2D eigenvalue weighted by Crippen LogP contribution is 2.29. The molecule has 0 aromatic heterocycles. The van der Waals surface area contributed by atoms with Crippen LogP contribution in [0.15, 0.2) is 90.5 Å². The van der Waals surface area contributed by atoms with Gasteiger partial charge in [0.15, 0.2) is 0 Å². The van der Waals surface area contributed by atoms with Gasteiger partial charge in [-0.3, -0.25) is 4.79 Å². The number of para-hydroxylation sites is 1. The third-order valence-corrected chi connectivity index (χ3v) is 5.27. The highest BCUT2D eigenvalue weighted by atomic mass is 19.1. The van der Waals surface area contributed by atoms with Crippen LogP contribution in [0.25, 0.3) is 16.8 Å². The maximum Gasteiger partial charge on any atom is 0.266 e. The minimum atomic E-state index is -0.719. The molecular formula is C28H21FN2O3. The SMILES string of the molecule is COc1ccc(/C=C(\C#N)C(=O)Nc2ccccc2F)c(OCc2cccc3ccccc23)c1. The Hall–Kier alpha value is -4.63. The molecule has 0 radical (unpaired) electrons. The van der Waals surface area contributed by atoms with Gasteiger partial charge in [-0.1, -0.05) is 54.6 Å². The molecule has 0 saturated heterocycles. The minimum Gasteiger partial charge on any atom is -0.497 e. The Labute approximate surface area is 196 Å². The van der Waals surface area contributed by atoms with E-state index in [9.17, 15) is 14.4 Å². The summed E-state index contributed by atoms with van der Waals surface area (Å²) in [4.78, 5) is 12.6. The predicted molar refractivity (Wildman–Crippen MR) is 130 cm³/mol. The second-order valence-electron chi connectivity index (χ2n) is 7.43. The number of rotatable bonds is 7. The molecule has 0 spiro atoms. The molecule has 4 aromatic carbocycles. The lowest BCUT2D eigenvalue weighted by Gasteiger charge is -2.13. The van der Waals surface area contributed by atoms with Crippen molar-refractivity contribution in [1.82, 2.24) is 0 Å². The first-order chi connectivity index (χ1) is 16.6. The maximum absolute atomic E-state index is 13.9. The standard InChI is InChI=1S/C28H21FN2O3/c1-33-23-14-13-20(15-22(17-30)28(32)31-26-12-5-4-11-25(26)29)27(16-23)34-18-21-9-6-8-19-7-2-3-10-24(19)21/h2-16H,18H2,1H3,(H,31,32)/b22-15+. The van der Waals surface area contributed by atoms with Crippen molar-refractivity contribution in [2.75, 3.05) is 12.4 Å². The summed E-state index contributed by atoms with van der Waals surface area (Å²) >= 11 is 0. The Morgan fingerprint density at radius 3 is 2.59 bits per heavy atom. The molecule has 1 N–H and O–H groups in total. The van der Waals surface area contributed by atoms with Crippen LogP contribution in [0, 0.1) is 17.1 Å². The van der Waals surface area contributed by atoms with Gasteiger partial charge in [0.25, 0.3) is 5.91 Å². The van der Waals surface area contributed by atoms with Crippen molar-refractivity contribution >= 4 is 28.4 Å². The molecule has 1 amide bonds. The number of halogens is 1. The van der Waals surface area contributed by atoms with Crippen LogP contribution >= 0.6 is 0 Å². The van der Waals surface area contributed by atoms with E-state index in [1.165, 1.54) is 24.3 Å². The number of hydrogen-bond acceptors (Lipinski definition) is 4. The van der Waals surface area contributed by atoms with Crippen LogP contribution in [0.3, 0.4) is 0 Å². The Balaban J connectivity index is 1.62. The number of methoxy groups -OCH3 is 1. The molecule has 4 aromatic rings. The van der Waals surface area contributed by atoms with Crippen molar-refractivity contribution in [3.63, 3.8) is 0 Å². The van der Waals surface area contributed by atoms with Gasteiger partial charge < -0.3 is 14.8 Å². The maximum atomic E-state index is 13.9. The van der Waals surface area contributed by atoms with Crippen LogP contribution in [-0.2, 0) is 11.4 Å². The van der Waals surface area contributed by atoms with Crippen LogP contribution in [0.2, 0.25) is 0 Å². The first-order valence-electron chi connectivity index (χ1n) is 10.5. The fraction of sp³-hybridized carbons (Fsp3) is 0.0714. The molecule has 4 rings (SSSR count). The number of nitrogens with one attached hydrogen (secondary N) is 1. The number of anilines is 1. The fourth-order valence-electron chi connectivity index (χ4n) is 3.52. The van der Waals surface area contributed by atoms with Crippen molar-refractivity contribution in [3.8, 4) is 17.6 Å². The molecule has 0 aliphatic carbocycles. The van der Waals surface area contributed by atoms with Gasteiger partial charge in [-0.05, 0) is 46.7 Å². The molecule has 0 aliphatic heterocycles. The van der Waals surface area contributed by atoms with Crippen molar-refractivity contribution < 1.29 is 18.7 Å². The summed E-state index contributed by atoms with van der Waals surface area (Å²) in [7, 11) is 1.54. The van der Waals surface area contributed by atoms with Gasteiger partial charge in [0.1, 0.15) is 35.6 Å². The number of fused-ring (bicyclic) bond motifs is 1. The van der Waals surface area contributed by atoms with Crippen LogP contribution in [0.1, 0.15) is 11.1 Å². The molecule has 0 unspecified atom stereocenters. The molecule has 168 valence electrons. The summed E-state index contributed by atoms with van der Waals surface area (Å²) in [5.74, 6) is -0.293. The van der Waals surface area contributed by atoms with Crippen LogP contribution in [-0.4, -0.2) is 13.0 Å². The summed E-state index contributed by atoms with van der Waals surface area (Å²) in [6, 6.07) is 26.8. The average molecular weight is 452 g/mol. The fourth-order valence-corrected chi connectivity index (χ4v) is 3.52. The minimum absolute atomic E-state index is 0.00388. The summed E-state index contributed by atoms with van der Waals surface area (Å²) in [5, 5.41) is 14.2. The number of carbonyl (C=O) groups excluding carboxylic acids is 1. The predicted octanol–water partition coefficient (Wildman–Crippen LogP) is 6.11. The third kappa shape index (κ3) is 5.05. The zero-order chi connectivity index (χ0) is 23.9. The van der Waals surface area contributed by atoms with Crippen LogP contribution < -0.4 is 14.8 Å². The van der Waals surface area contributed by atoms with Crippen LogP contribution in [0.5, 0.6) is 11.5 Å². The van der Waals surface area contributed by atoms with Crippen LogP contribution in [0.4, 0.5) is 10.1 Å². The van der Waals surface area contributed by atoms with Gasteiger partial charge in [0.2, 0.25) is 0 Å². The number of benzene rings is 4. The Morgan fingerprint density at radius 2 is 1.79 bits per heavy atom. The second-order valence-corrected chi connectivity index (χ2v) is 7.43. The van der Waals surface area contributed by atoms with Crippen molar-refractivity contribution in [1.29, 1.82) is 5.26 Å². The summed E-state index contributed by atoms with van der Waals surface area (Å²) < 4.78 is 25.3. The van der Waals surface area contributed by atoms with Gasteiger partial charge in [-0.25, -0.2) is 4.39 Å². The van der Waals surface area contributed by atoms with E-state index in [0.717, 1.165) is 16.3 Å². The Bertz CT molecular complexity index is 1420. The molecule has 0 bridgehead atoms. The second kappa shape index (κ2) is 10.3. The number of amides is 1. The lowest BCUT2D eigenvalue weighted by atomic mass is 10.1. The molecule has 0 heterocycles. The summed E-state index contributed by atoms with van der Waals surface area (Å²) in [5.41, 5.74) is 1.31. The number of nitrogens with zero attached hydrogens (tertiary/aromatic N) is 1. The van der Waals surface area contributed by atoms with Crippen molar-refractivity contribution in [2.24, 2.45) is 0 Å². The topological polar surface area (TPSA) is 71.3 Å². The largest absolute Gasteiger partial charge is 0.497 e. The average Bonchev–Trinajstić information content (AvgIpc) is 2.87. The van der Waals surface area contributed by atoms with Gasteiger partial charge in [-0.15, -0.1) is 0 Å². The van der Waals surface area contributed by atoms with Gasteiger partial charge >= 0.3 is 0 Å². The van der Waals surface area contributed by atoms with E-state index in [-0.39, 0.29) is 17.9 Å². The lowest BCUT2D eigenvalue weighted by Crippen LogP contribution is -2.14. The van der Waals surface area contributed by atoms with Crippen molar-refractivity contribution in [3.05, 3.63) is 107 Å². The molecule has 5 nitrogen and oxygen atoms in total. The van der Waals surface area contributed by atoms with E-state index >= 15 is 0 Å². The molecule has 0 aliphatic rings. The smallest absolute Gasteiger partial charge is 0.266 e. The Morgan fingerprint density at radius 1 is 1.03 bits per heavy atom. The van der Waals surface area contributed by atoms with E-state index < -0.39 is 11.7 Å². The van der Waals surface area contributed by atoms with E-state index in [0.29, 0.717) is 17.1 Å². The number of carbonyl (C=O) groups is 1. The van der Waals surface area contributed by atoms with E-state index in [2.05, 4.69) is 5.32 Å². The highest BCUT2D eigenvalue weighted by molar-refractivity contribution is 6.09. The van der Waals surface area contributed by atoms with E-state index in [1.807, 2.05) is 48.5 Å². The van der Waals surface area contributed by atoms with E-state index in [4.69, 9.17) is 9.47 Å². The number of nitriles is 1. The highest BCUT2D eigenvalue weighted by Gasteiger charge is 2.14. The van der Waals surface area contributed by atoms with Gasteiger partial charge in [-0.2, -0.15) is 5.26 Å². The number of hydrogen-bond donors (Lipinski definition) is 1. The normalized spacial score (nSPS) is 11.0. The Kier molecular flexibility index (Phi) is 6.85. The molecule has 6 heteroatoms. The quantitative estimate of drug-likeness (QED) is 0.271. The number of ether oxygens (including phenoxy) is 2. The molecule has 0 atom stereocenters. The van der Waals surface area contributed by atoms with Gasteiger partial charge in [0.05, 0.1) is 12.8 Å². The first kappa shape index (κ1) is 22.6. The lowest BCUT2D eigenvalue weighted by molar-refractivity contribution is -0.112. The summed E-state index contributed by atoms with van der Waals surface area (Å²) in [6.45, 7) is 0.276. The molecule has 0 fully saturated rings. The molecule has 34 heavy (non-hydrogen) atoms. The zero-order valence-corrected chi connectivity index (χ0v) is 18.4. The monoisotopic (exact) mass is 452 g/mol. The molecule has 0 saturated carbocycles. The van der Waals surface area contributed by atoms with E-state index in [1.54, 1.807) is 31.4 Å². The molecular weight excluding hydrogens is 431 g/mol. The zero-order valence-electron chi connectivity index (χ0n) is 18.4.